The Labute approximate surface area is 135 Å². The van der Waals surface area contributed by atoms with Gasteiger partial charge in [-0.05, 0) is 39.5 Å². The molecule has 1 atom stereocenters. The lowest BCUT2D eigenvalue weighted by Gasteiger charge is -2.09. The van der Waals surface area contributed by atoms with Gasteiger partial charge in [0, 0.05) is 13.0 Å². The predicted octanol–water partition coefficient (Wildman–Crippen LogP) is 5.29. The number of carbonyl (C=O) groups is 1. The largest absolute Gasteiger partial charge is 0.481 e. The zero-order chi connectivity index (χ0) is 16.5. The van der Waals surface area contributed by atoms with E-state index in [-0.39, 0.29) is 6.10 Å². The first-order valence-corrected chi connectivity index (χ1v) is 8.48. The van der Waals surface area contributed by atoms with Crippen LogP contribution in [0.15, 0.2) is 36.5 Å². The summed E-state index contributed by atoms with van der Waals surface area (Å²) in [6.07, 6.45) is 20.4. The van der Waals surface area contributed by atoms with Crippen molar-refractivity contribution in [1.82, 2.24) is 0 Å². The lowest BCUT2D eigenvalue weighted by molar-refractivity contribution is -0.137. The van der Waals surface area contributed by atoms with Crippen molar-refractivity contribution in [1.29, 1.82) is 0 Å². The lowest BCUT2D eigenvalue weighted by Crippen LogP contribution is -2.07. The molecule has 0 spiro atoms. The van der Waals surface area contributed by atoms with E-state index < -0.39 is 5.97 Å². The molecule has 1 N–H and O–H groups in total. The normalized spacial score (nSPS) is 13.5. The van der Waals surface area contributed by atoms with Crippen LogP contribution in [0, 0.1) is 0 Å². The maximum absolute atomic E-state index is 10.4. The van der Waals surface area contributed by atoms with E-state index in [0.717, 1.165) is 38.7 Å². The number of aliphatic carboxylic acids is 1. The van der Waals surface area contributed by atoms with Gasteiger partial charge in [-0.1, -0.05) is 55.7 Å². The fourth-order valence-electron chi connectivity index (χ4n) is 2.12. The molecule has 3 heteroatoms. The van der Waals surface area contributed by atoms with Gasteiger partial charge < -0.3 is 9.84 Å². The highest BCUT2D eigenvalue weighted by atomic mass is 16.5. The molecule has 0 aliphatic rings. The van der Waals surface area contributed by atoms with Crippen LogP contribution in [0.1, 0.15) is 65.2 Å². The summed E-state index contributed by atoms with van der Waals surface area (Å²) in [6.45, 7) is 4.77. The van der Waals surface area contributed by atoms with Gasteiger partial charge in [-0.25, -0.2) is 0 Å². The van der Waals surface area contributed by atoms with Crippen molar-refractivity contribution < 1.29 is 14.6 Å². The third-order valence-corrected chi connectivity index (χ3v) is 3.32. The second kappa shape index (κ2) is 16.0. The topological polar surface area (TPSA) is 46.5 Å². The summed E-state index contributed by atoms with van der Waals surface area (Å²) in [6, 6.07) is 0. The molecular weight excluding hydrogens is 276 g/mol. The average molecular weight is 308 g/mol. The van der Waals surface area contributed by atoms with Gasteiger partial charge in [0.1, 0.15) is 0 Å². The van der Waals surface area contributed by atoms with Gasteiger partial charge in [-0.2, -0.15) is 0 Å². The number of carboxylic acids is 1. The van der Waals surface area contributed by atoms with Crippen LogP contribution in [0.4, 0.5) is 0 Å². The minimum atomic E-state index is -0.686. The molecule has 0 aromatic rings. The van der Waals surface area contributed by atoms with Crippen LogP contribution in [-0.2, 0) is 9.53 Å². The standard InChI is InChI=1S/C19H32O3/c1-3-5-15-18(22-4-2)16-13-11-9-7-6-8-10-12-14-17-19(20)21/h3,5,9,11,13,16,18H,4,6-8,10,12,14-15,17H2,1-2H3,(H,20,21). The minimum absolute atomic E-state index is 0.167. The number of unbranched alkanes of at least 4 members (excludes halogenated alkanes) is 5. The van der Waals surface area contributed by atoms with E-state index in [1.165, 1.54) is 12.8 Å². The molecule has 0 saturated heterocycles. The zero-order valence-corrected chi connectivity index (χ0v) is 14.2. The Kier molecular flexibility index (Phi) is 15.0. The fourth-order valence-corrected chi connectivity index (χ4v) is 2.12. The first kappa shape index (κ1) is 20.6. The third kappa shape index (κ3) is 15.0. The van der Waals surface area contributed by atoms with E-state index in [2.05, 4.69) is 30.4 Å². The van der Waals surface area contributed by atoms with Gasteiger partial charge in [-0.3, -0.25) is 4.79 Å². The molecule has 0 heterocycles. The van der Waals surface area contributed by atoms with Crippen molar-refractivity contribution >= 4 is 5.97 Å². The number of ether oxygens (including phenoxy) is 1. The van der Waals surface area contributed by atoms with Gasteiger partial charge >= 0.3 is 5.97 Å². The summed E-state index contributed by atoms with van der Waals surface area (Å²) in [5, 5.41) is 8.53. The second-order valence-corrected chi connectivity index (χ2v) is 5.31. The number of carboxylic acid groups (broad SMARTS) is 1. The predicted molar refractivity (Wildman–Crippen MR) is 93.1 cm³/mol. The average Bonchev–Trinajstić information content (AvgIpc) is 2.49. The summed E-state index contributed by atoms with van der Waals surface area (Å²) < 4.78 is 5.63. The molecule has 0 fully saturated rings. The van der Waals surface area contributed by atoms with Crippen LogP contribution < -0.4 is 0 Å². The Morgan fingerprint density at radius 3 is 2.50 bits per heavy atom. The van der Waals surface area contributed by atoms with E-state index in [9.17, 15) is 4.79 Å². The van der Waals surface area contributed by atoms with E-state index in [4.69, 9.17) is 9.84 Å². The fraction of sp³-hybridized carbons (Fsp3) is 0.632. The summed E-state index contributed by atoms with van der Waals surface area (Å²) in [4.78, 5) is 10.4. The van der Waals surface area contributed by atoms with Crippen molar-refractivity contribution in [3.8, 4) is 0 Å². The molecule has 0 bridgehead atoms. The van der Waals surface area contributed by atoms with Crippen molar-refractivity contribution in [3.05, 3.63) is 36.5 Å². The molecule has 3 nitrogen and oxygen atoms in total. The van der Waals surface area contributed by atoms with Crippen LogP contribution in [0.3, 0.4) is 0 Å². The van der Waals surface area contributed by atoms with Crippen LogP contribution >= 0.6 is 0 Å². The Bertz CT molecular complexity index is 343. The number of rotatable bonds is 14. The monoisotopic (exact) mass is 308 g/mol. The highest BCUT2D eigenvalue weighted by molar-refractivity contribution is 5.66. The highest BCUT2D eigenvalue weighted by Gasteiger charge is 1.99. The molecule has 0 aromatic carbocycles. The van der Waals surface area contributed by atoms with Crippen LogP contribution in [0.2, 0.25) is 0 Å². The molecule has 0 saturated carbocycles. The molecule has 0 aliphatic carbocycles. The minimum Gasteiger partial charge on any atom is -0.481 e. The number of allylic oxidation sites excluding steroid dienone is 4. The van der Waals surface area contributed by atoms with Gasteiger partial charge in [0.05, 0.1) is 6.10 Å². The SMILES string of the molecule is CC=CCC(C=CC=CCCCCCCCC(=O)O)OCC. The Hall–Kier alpha value is -1.35. The zero-order valence-electron chi connectivity index (χ0n) is 14.2. The molecule has 0 rings (SSSR count). The smallest absolute Gasteiger partial charge is 0.303 e. The lowest BCUT2D eigenvalue weighted by atomic mass is 10.1. The summed E-state index contributed by atoms with van der Waals surface area (Å²) in [7, 11) is 0. The molecular formula is C19H32O3. The first-order valence-electron chi connectivity index (χ1n) is 8.48. The number of hydrogen-bond acceptors (Lipinski definition) is 2. The van der Waals surface area contributed by atoms with E-state index >= 15 is 0 Å². The van der Waals surface area contributed by atoms with Crippen molar-refractivity contribution in [2.45, 2.75) is 71.3 Å². The first-order chi connectivity index (χ1) is 10.7. The van der Waals surface area contributed by atoms with Gasteiger partial charge in [0.15, 0.2) is 0 Å². The molecule has 0 amide bonds. The van der Waals surface area contributed by atoms with Gasteiger partial charge in [0.25, 0.3) is 0 Å². The van der Waals surface area contributed by atoms with E-state index in [0.29, 0.717) is 6.42 Å². The summed E-state index contributed by atoms with van der Waals surface area (Å²) in [5.74, 6) is -0.686. The second-order valence-electron chi connectivity index (χ2n) is 5.31. The summed E-state index contributed by atoms with van der Waals surface area (Å²) in [5.41, 5.74) is 0. The van der Waals surface area contributed by atoms with E-state index in [1.54, 1.807) is 0 Å². The van der Waals surface area contributed by atoms with Crippen molar-refractivity contribution in [2.24, 2.45) is 0 Å². The van der Waals surface area contributed by atoms with Gasteiger partial charge in [-0.15, -0.1) is 0 Å². The molecule has 0 radical (unpaired) electrons. The third-order valence-electron chi connectivity index (χ3n) is 3.32. The van der Waals surface area contributed by atoms with Crippen molar-refractivity contribution in [2.75, 3.05) is 6.61 Å². The molecule has 0 aliphatic heterocycles. The van der Waals surface area contributed by atoms with Crippen LogP contribution in [0.5, 0.6) is 0 Å². The Morgan fingerprint density at radius 1 is 1.09 bits per heavy atom. The Balaban J connectivity index is 3.62. The molecule has 0 aromatic heterocycles. The molecule has 1 unspecified atom stereocenters. The summed E-state index contributed by atoms with van der Waals surface area (Å²) >= 11 is 0. The van der Waals surface area contributed by atoms with Crippen LogP contribution in [0.25, 0.3) is 0 Å². The van der Waals surface area contributed by atoms with E-state index in [1.807, 2.05) is 19.9 Å². The highest BCUT2D eigenvalue weighted by Crippen LogP contribution is 2.08. The van der Waals surface area contributed by atoms with Crippen LogP contribution in [-0.4, -0.2) is 23.8 Å². The molecule has 126 valence electrons. The number of hydrogen-bond donors (Lipinski definition) is 1. The maximum atomic E-state index is 10.4. The maximum Gasteiger partial charge on any atom is 0.303 e. The molecule has 22 heavy (non-hydrogen) atoms. The van der Waals surface area contributed by atoms with Gasteiger partial charge in [0.2, 0.25) is 0 Å². The Morgan fingerprint density at radius 2 is 1.82 bits per heavy atom. The van der Waals surface area contributed by atoms with Crippen molar-refractivity contribution in [3.63, 3.8) is 0 Å². The quantitative estimate of drug-likeness (QED) is 0.269.